The van der Waals surface area contributed by atoms with Crippen LogP contribution in [-0.4, -0.2) is 33.4 Å². The summed E-state index contributed by atoms with van der Waals surface area (Å²) >= 11 is 0. The van der Waals surface area contributed by atoms with Gasteiger partial charge in [0, 0.05) is 0 Å². The van der Waals surface area contributed by atoms with Gasteiger partial charge in [-0.05, 0) is 53.4 Å². The highest BCUT2D eigenvalue weighted by Gasteiger charge is 2.23. The molecule has 8 heteroatoms. The van der Waals surface area contributed by atoms with Crippen molar-refractivity contribution in [2.24, 2.45) is 11.0 Å². The number of sulfonamides is 1. The van der Waals surface area contributed by atoms with E-state index < -0.39 is 15.9 Å². The molecule has 0 aliphatic carbocycles. The van der Waals surface area contributed by atoms with Gasteiger partial charge in [-0.25, -0.2) is 13.8 Å². The van der Waals surface area contributed by atoms with E-state index in [-0.39, 0.29) is 17.8 Å². The molecule has 1 amide bonds. The summed E-state index contributed by atoms with van der Waals surface area (Å²) in [6.07, 6.45) is 2.64. The van der Waals surface area contributed by atoms with E-state index in [0.29, 0.717) is 12.5 Å². The van der Waals surface area contributed by atoms with Gasteiger partial charge in [0.15, 0.2) is 0 Å². The van der Waals surface area contributed by atoms with E-state index in [9.17, 15) is 13.2 Å². The molecule has 0 bridgehead atoms. The molecule has 0 spiro atoms. The summed E-state index contributed by atoms with van der Waals surface area (Å²) in [4.78, 5) is 12.9. The number of benzene rings is 3. The van der Waals surface area contributed by atoms with E-state index >= 15 is 0 Å². The Balaban J connectivity index is 1.74. The number of carbonyl (C=O) groups is 1. The highest BCUT2D eigenvalue weighted by atomic mass is 32.2. The van der Waals surface area contributed by atoms with Crippen LogP contribution < -0.4 is 14.5 Å². The van der Waals surface area contributed by atoms with Crippen molar-refractivity contribution >= 4 is 27.8 Å². The van der Waals surface area contributed by atoms with E-state index in [1.807, 2.05) is 54.6 Å². The maximum absolute atomic E-state index is 12.9. The van der Waals surface area contributed by atoms with Crippen molar-refractivity contribution in [3.05, 3.63) is 95.6 Å². The third-order valence-corrected chi connectivity index (χ3v) is 5.96. The molecule has 3 rings (SSSR count). The summed E-state index contributed by atoms with van der Waals surface area (Å²) in [6.45, 7) is 4.91. The van der Waals surface area contributed by atoms with Crippen molar-refractivity contribution in [3.8, 4) is 5.75 Å². The fraction of sp³-hybridized carbons (Fsp3) is 0.231. The quantitative estimate of drug-likeness (QED) is 0.344. The molecular formula is C26H29N3O4S. The van der Waals surface area contributed by atoms with Gasteiger partial charge in [0.1, 0.15) is 5.75 Å². The standard InChI is InChI=1S/C26H29N3O4S/c1-20(2)19-33-23-15-13-21(14-16-23)17-27-28-26(30)24-11-7-8-12-25(24)29(34(3,31)32)18-22-9-5-4-6-10-22/h4-17,20H,18-19H2,1-3H3,(H,28,30)/b27-17+. The van der Waals surface area contributed by atoms with Gasteiger partial charge < -0.3 is 4.74 Å². The first kappa shape index (κ1) is 25.0. The Bertz CT molecular complexity index is 1220. The number of para-hydroxylation sites is 1. The third kappa shape index (κ3) is 7.18. The Hall–Kier alpha value is -3.65. The number of hydrogen-bond acceptors (Lipinski definition) is 5. The summed E-state index contributed by atoms with van der Waals surface area (Å²) in [5.41, 5.74) is 4.57. The summed E-state index contributed by atoms with van der Waals surface area (Å²) < 4.78 is 32.0. The van der Waals surface area contributed by atoms with Crippen LogP contribution in [0.15, 0.2) is 84.0 Å². The average Bonchev–Trinajstić information content (AvgIpc) is 2.82. The number of carbonyl (C=O) groups excluding carboxylic acids is 1. The van der Waals surface area contributed by atoms with Crippen molar-refractivity contribution in [2.75, 3.05) is 17.2 Å². The van der Waals surface area contributed by atoms with E-state index in [2.05, 4.69) is 24.4 Å². The van der Waals surface area contributed by atoms with Crippen LogP contribution in [0.5, 0.6) is 5.75 Å². The van der Waals surface area contributed by atoms with Crippen LogP contribution >= 0.6 is 0 Å². The maximum Gasteiger partial charge on any atom is 0.273 e. The number of nitrogens with zero attached hydrogens (tertiary/aromatic N) is 2. The lowest BCUT2D eigenvalue weighted by Gasteiger charge is -2.24. The Labute approximate surface area is 201 Å². The Morgan fingerprint density at radius 2 is 1.65 bits per heavy atom. The second kappa shape index (κ2) is 11.5. The van der Waals surface area contributed by atoms with Crippen LogP contribution in [0.1, 0.15) is 35.3 Å². The van der Waals surface area contributed by atoms with Gasteiger partial charge in [-0.15, -0.1) is 0 Å². The Kier molecular flexibility index (Phi) is 8.43. The van der Waals surface area contributed by atoms with Crippen LogP contribution in [0.3, 0.4) is 0 Å². The molecule has 34 heavy (non-hydrogen) atoms. The highest BCUT2D eigenvalue weighted by Crippen LogP contribution is 2.25. The molecule has 0 unspecified atom stereocenters. The molecule has 3 aromatic carbocycles. The predicted molar refractivity (Wildman–Crippen MR) is 136 cm³/mol. The Morgan fingerprint density at radius 1 is 1.00 bits per heavy atom. The van der Waals surface area contributed by atoms with Crippen LogP contribution in [-0.2, 0) is 16.6 Å². The number of nitrogens with one attached hydrogen (secondary N) is 1. The van der Waals surface area contributed by atoms with Gasteiger partial charge in [0.05, 0.1) is 36.9 Å². The van der Waals surface area contributed by atoms with Crippen LogP contribution in [0, 0.1) is 5.92 Å². The molecule has 0 heterocycles. The highest BCUT2D eigenvalue weighted by molar-refractivity contribution is 7.92. The summed E-state index contributed by atoms with van der Waals surface area (Å²) in [6, 6.07) is 23.1. The lowest BCUT2D eigenvalue weighted by molar-refractivity contribution is 0.0955. The third-order valence-electron chi connectivity index (χ3n) is 4.83. The lowest BCUT2D eigenvalue weighted by atomic mass is 10.1. The van der Waals surface area contributed by atoms with Crippen LogP contribution in [0.2, 0.25) is 0 Å². The zero-order chi connectivity index (χ0) is 24.6. The molecule has 0 fully saturated rings. The Morgan fingerprint density at radius 3 is 2.29 bits per heavy atom. The molecule has 3 aromatic rings. The number of rotatable bonds is 10. The largest absolute Gasteiger partial charge is 0.493 e. The van der Waals surface area contributed by atoms with E-state index in [1.54, 1.807) is 24.3 Å². The second-order valence-electron chi connectivity index (χ2n) is 8.25. The van der Waals surface area contributed by atoms with E-state index in [1.165, 1.54) is 10.5 Å². The molecule has 178 valence electrons. The molecule has 0 aliphatic rings. The number of anilines is 1. The van der Waals surface area contributed by atoms with Crippen molar-refractivity contribution < 1.29 is 17.9 Å². The SMILES string of the molecule is CC(C)COc1ccc(/C=N/NC(=O)c2ccccc2N(Cc2ccccc2)S(C)(=O)=O)cc1. The van der Waals surface area contributed by atoms with Gasteiger partial charge in [0.25, 0.3) is 5.91 Å². The first-order valence-electron chi connectivity index (χ1n) is 10.9. The fourth-order valence-electron chi connectivity index (χ4n) is 3.15. The molecule has 0 atom stereocenters. The zero-order valence-corrected chi connectivity index (χ0v) is 20.3. The van der Waals surface area contributed by atoms with Gasteiger partial charge in [-0.1, -0.05) is 56.3 Å². The van der Waals surface area contributed by atoms with Crippen molar-refractivity contribution in [1.29, 1.82) is 0 Å². The summed E-state index contributed by atoms with van der Waals surface area (Å²) in [5, 5.41) is 4.04. The average molecular weight is 480 g/mol. The zero-order valence-electron chi connectivity index (χ0n) is 19.5. The van der Waals surface area contributed by atoms with Crippen LogP contribution in [0.25, 0.3) is 0 Å². The molecule has 0 aromatic heterocycles. The van der Waals surface area contributed by atoms with Gasteiger partial charge in [-0.2, -0.15) is 5.10 Å². The van der Waals surface area contributed by atoms with E-state index in [4.69, 9.17) is 4.74 Å². The molecule has 7 nitrogen and oxygen atoms in total. The number of ether oxygens (including phenoxy) is 1. The van der Waals surface area contributed by atoms with Crippen molar-refractivity contribution in [3.63, 3.8) is 0 Å². The first-order chi connectivity index (χ1) is 16.2. The molecular weight excluding hydrogens is 450 g/mol. The number of amides is 1. The normalized spacial score (nSPS) is 11.5. The number of hydrazone groups is 1. The molecule has 0 aliphatic heterocycles. The molecule has 0 saturated heterocycles. The molecule has 1 N–H and O–H groups in total. The van der Waals surface area contributed by atoms with Crippen molar-refractivity contribution in [1.82, 2.24) is 5.43 Å². The topological polar surface area (TPSA) is 88.1 Å². The molecule has 0 saturated carbocycles. The number of hydrogen-bond donors (Lipinski definition) is 1. The van der Waals surface area contributed by atoms with Gasteiger partial charge >= 0.3 is 0 Å². The summed E-state index contributed by atoms with van der Waals surface area (Å²) in [7, 11) is -3.65. The van der Waals surface area contributed by atoms with Crippen molar-refractivity contribution in [2.45, 2.75) is 20.4 Å². The summed E-state index contributed by atoms with van der Waals surface area (Å²) in [5.74, 6) is 0.694. The van der Waals surface area contributed by atoms with Gasteiger partial charge in [-0.3, -0.25) is 9.10 Å². The minimum absolute atomic E-state index is 0.110. The second-order valence-corrected chi connectivity index (χ2v) is 10.2. The molecule has 0 radical (unpaired) electrons. The van der Waals surface area contributed by atoms with Gasteiger partial charge in [0.2, 0.25) is 10.0 Å². The predicted octanol–water partition coefficient (Wildman–Crippen LogP) is 4.45. The minimum atomic E-state index is -3.65. The van der Waals surface area contributed by atoms with E-state index in [0.717, 1.165) is 23.1 Å². The first-order valence-corrected chi connectivity index (χ1v) is 12.8. The fourth-order valence-corrected chi connectivity index (χ4v) is 4.05. The monoisotopic (exact) mass is 479 g/mol. The lowest BCUT2D eigenvalue weighted by Crippen LogP contribution is -2.32. The maximum atomic E-state index is 12.9. The van der Waals surface area contributed by atoms with Crippen LogP contribution in [0.4, 0.5) is 5.69 Å². The minimum Gasteiger partial charge on any atom is -0.493 e. The smallest absolute Gasteiger partial charge is 0.273 e.